The van der Waals surface area contributed by atoms with Crippen molar-refractivity contribution in [1.29, 1.82) is 0 Å². The van der Waals surface area contributed by atoms with Gasteiger partial charge in [-0.2, -0.15) is 0 Å². The molecule has 0 atom stereocenters. The highest BCUT2D eigenvalue weighted by molar-refractivity contribution is 6.62. The minimum absolute atomic E-state index is 0.113. The molecule has 140 valence electrons. The van der Waals surface area contributed by atoms with Crippen LogP contribution >= 0.6 is 0 Å². The van der Waals surface area contributed by atoms with Crippen LogP contribution in [0.2, 0.25) is 0 Å². The minimum Gasteiger partial charge on any atom is -0.399 e. The average Bonchev–Trinajstić information content (AvgIpc) is 3.01. The maximum atomic E-state index is 12.8. The maximum absolute atomic E-state index is 12.8. The van der Waals surface area contributed by atoms with Gasteiger partial charge in [-0.3, -0.25) is 4.79 Å². The van der Waals surface area contributed by atoms with Gasteiger partial charge in [0.25, 0.3) is 5.91 Å². The van der Waals surface area contributed by atoms with E-state index in [-0.39, 0.29) is 29.3 Å². The van der Waals surface area contributed by atoms with Crippen LogP contribution in [0.1, 0.15) is 69.3 Å². The smallest absolute Gasteiger partial charge is 0.399 e. The lowest BCUT2D eigenvalue weighted by Crippen LogP contribution is -2.41. The second-order valence-corrected chi connectivity index (χ2v) is 8.90. The Bertz CT molecular complexity index is 709. The zero-order chi connectivity index (χ0) is 18.7. The molecule has 1 saturated carbocycles. The summed E-state index contributed by atoms with van der Waals surface area (Å²) in [5, 5.41) is 9.72. The van der Waals surface area contributed by atoms with Gasteiger partial charge in [0, 0.05) is 18.2 Å². The van der Waals surface area contributed by atoms with Crippen molar-refractivity contribution < 1.29 is 19.2 Å². The Morgan fingerprint density at radius 1 is 1.08 bits per heavy atom. The Kier molecular flexibility index (Phi) is 4.21. The van der Waals surface area contributed by atoms with Crippen molar-refractivity contribution in [2.24, 2.45) is 0 Å². The van der Waals surface area contributed by atoms with Crippen LogP contribution in [-0.2, 0) is 15.9 Å². The molecule has 5 nitrogen and oxygen atoms in total. The highest BCUT2D eigenvalue weighted by atomic mass is 16.7. The second kappa shape index (κ2) is 6.08. The predicted octanol–water partition coefficient (Wildman–Crippen LogP) is 2.25. The van der Waals surface area contributed by atoms with Crippen LogP contribution in [0.4, 0.5) is 0 Å². The van der Waals surface area contributed by atoms with Crippen LogP contribution < -0.4 is 5.46 Å². The molecule has 0 radical (unpaired) electrons. The van der Waals surface area contributed by atoms with E-state index in [1.54, 1.807) is 0 Å². The molecule has 1 saturated heterocycles. The van der Waals surface area contributed by atoms with Gasteiger partial charge in [0.1, 0.15) is 0 Å². The quantitative estimate of drug-likeness (QED) is 0.825. The van der Waals surface area contributed by atoms with E-state index in [0.717, 1.165) is 42.3 Å². The number of hydrogen-bond donors (Lipinski definition) is 1. The first-order valence-corrected chi connectivity index (χ1v) is 9.65. The molecule has 0 bridgehead atoms. The van der Waals surface area contributed by atoms with Crippen molar-refractivity contribution in [1.82, 2.24) is 4.90 Å². The summed E-state index contributed by atoms with van der Waals surface area (Å²) in [4.78, 5) is 14.8. The number of hydrogen-bond acceptors (Lipinski definition) is 4. The van der Waals surface area contributed by atoms with Crippen LogP contribution in [0.5, 0.6) is 0 Å². The highest BCUT2D eigenvalue weighted by Gasteiger charge is 2.52. The van der Waals surface area contributed by atoms with E-state index < -0.39 is 7.12 Å². The lowest BCUT2D eigenvalue weighted by atomic mass is 9.78. The summed E-state index contributed by atoms with van der Waals surface area (Å²) in [5.74, 6) is 0.113. The number of nitrogens with zero attached hydrogens (tertiary/aromatic N) is 1. The molecule has 4 rings (SSSR count). The monoisotopic (exact) mass is 357 g/mol. The average molecular weight is 357 g/mol. The maximum Gasteiger partial charge on any atom is 0.494 e. The molecule has 0 spiro atoms. The van der Waals surface area contributed by atoms with E-state index in [9.17, 15) is 9.90 Å². The lowest BCUT2D eigenvalue weighted by molar-refractivity contribution is 0.00578. The first kappa shape index (κ1) is 18.0. The third kappa shape index (κ3) is 2.88. The summed E-state index contributed by atoms with van der Waals surface area (Å²) in [7, 11) is -0.403. The second-order valence-electron chi connectivity index (χ2n) is 8.90. The third-order valence-electron chi connectivity index (χ3n) is 6.59. The molecule has 1 N–H and O–H groups in total. The number of carbonyl (C=O) groups excluding carboxylic acids is 1. The van der Waals surface area contributed by atoms with Crippen molar-refractivity contribution >= 4 is 18.5 Å². The number of fused-ring (bicyclic) bond motifs is 1. The SMILES string of the molecule is CC1(C)OB(c2ccc3c(c2)CN([C@H]2CC[C@H](O)CC2)C3=O)OC1(C)C. The van der Waals surface area contributed by atoms with Gasteiger partial charge in [-0.15, -0.1) is 0 Å². The molecular weight excluding hydrogens is 329 g/mol. The van der Waals surface area contributed by atoms with E-state index in [4.69, 9.17) is 9.31 Å². The fourth-order valence-corrected chi connectivity index (χ4v) is 4.15. The topological polar surface area (TPSA) is 59.0 Å². The van der Waals surface area contributed by atoms with Gasteiger partial charge >= 0.3 is 7.12 Å². The molecule has 3 aliphatic rings. The summed E-state index contributed by atoms with van der Waals surface area (Å²) in [6.45, 7) is 8.82. The molecular formula is C20H28BNO4. The summed E-state index contributed by atoms with van der Waals surface area (Å²) < 4.78 is 12.3. The first-order valence-electron chi connectivity index (χ1n) is 9.65. The number of amides is 1. The molecule has 26 heavy (non-hydrogen) atoms. The van der Waals surface area contributed by atoms with Gasteiger partial charge in [-0.25, -0.2) is 0 Å². The molecule has 2 aliphatic heterocycles. The van der Waals surface area contributed by atoms with E-state index in [1.807, 2.05) is 44.7 Å². The van der Waals surface area contributed by atoms with Gasteiger partial charge in [0.15, 0.2) is 0 Å². The lowest BCUT2D eigenvalue weighted by Gasteiger charge is -2.32. The minimum atomic E-state index is -0.403. The van der Waals surface area contributed by atoms with Gasteiger partial charge < -0.3 is 19.3 Å². The molecule has 1 aromatic carbocycles. The number of aliphatic hydroxyl groups is 1. The van der Waals surface area contributed by atoms with E-state index in [2.05, 4.69) is 6.07 Å². The Morgan fingerprint density at radius 3 is 2.31 bits per heavy atom. The molecule has 1 aliphatic carbocycles. The van der Waals surface area contributed by atoms with Crippen molar-refractivity contribution in [2.75, 3.05) is 0 Å². The predicted molar refractivity (Wildman–Crippen MR) is 100 cm³/mol. The molecule has 2 fully saturated rings. The normalized spacial score (nSPS) is 30.0. The molecule has 2 heterocycles. The molecule has 0 unspecified atom stereocenters. The van der Waals surface area contributed by atoms with Crippen LogP contribution in [0, 0.1) is 0 Å². The summed E-state index contributed by atoms with van der Waals surface area (Å²) in [6.07, 6.45) is 3.12. The first-order chi connectivity index (χ1) is 12.2. The van der Waals surface area contributed by atoms with E-state index >= 15 is 0 Å². The van der Waals surface area contributed by atoms with Crippen LogP contribution in [0.3, 0.4) is 0 Å². The van der Waals surface area contributed by atoms with Crippen LogP contribution in [0.25, 0.3) is 0 Å². The number of rotatable bonds is 2. The van der Waals surface area contributed by atoms with Crippen molar-refractivity contribution in [3.63, 3.8) is 0 Å². The largest absolute Gasteiger partial charge is 0.494 e. The van der Waals surface area contributed by atoms with Crippen LogP contribution in [0.15, 0.2) is 18.2 Å². The zero-order valence-corrected chi connectivity index (χ0v) is 16.1. The van der Waals surface area contributed by atoms with Gasteiger partial charge in [0.2, 0.25) is 0 Å². The summed E-state index contributed by atoms with van der Waals surface area (Å²) >= 11 is 0. The Labute approximate surface area is 155 Å². The van der Waals surface area contributed by atoms with Crippen molar-refractivity contribution in [3.8, 4) is 0 Å². The fourth-order valence-electron chi connectivity index (χ4n) is 4.15. The van der Waals surface area contributed by atoms with Crippen LogP contribution in [-0.4, -0.2) is 46.4 Å². The zero-order valence-electron chi connectivity index (χ0n) is 16.1. The number of carbonyl (C=O) groups is 1. The van der Waals surface area contributed by atoms with Gasteiger partial charge in [0.05, 0.1) is 17.3 Å². The van der Waals surface area contributed by atoms with Gasteiger partial charge in [-0.05, 0) is 70.5 Å². The third-order valence-corrected chi connectivity index (χ3v) is 6.59. The highest BCUT2D eigenvalue weighted by Crippen LogP contribution is 2.37. The standard InChI is InChI=1S/C20H28BNO4/c1-19(2)20(3,4)26-21(25-19)14-5-10-17-13(11-14)12-22(18(17)24)15-6-8-16(23)9-7-15/h5,10-11,15-16,23H,6-9,12H2,1-4H3/t15-,16-. The van der Waals surface area contributed by atoms with Crippen molar-refractivity contribution in [3.05, 3.63) is 29.3 Å². The Balaban J connectivity index is 1.53. The van der Waals surface area contributed by atoms with Crippen molar-refractivity contribution in [2.45, 2.75) is 83.3 Å². The Morgan fingerprint density at radius 2 is 1.69 bits per heavy atom. The van der Waals surface area contributed by atoms with E-state index in [1.165, 1.54) is 0 Å². The van der Waals surface area contributed by atoms with E-state index in [0.29, 0.717) is 6.54 Å². The number of aliphatic hydroxyl groups excluding tert-OH is 1. The molecule has 1 aromatic rings. The summed E-state index contributed by atoms with van der Waals surface area (Å²) in [5.41, 5.74) is 2.06. The molecule has 6 heteroatoms. The Hall–Kier alpha value is -1.37. The fraction of sp³-hybridized carbons (Fsp3) is 0.650. The summed E-state index contributed by atoms with van der Waals surface area (Å²) in [6, 6.07) is 6.16. The van der Waals surface area contributed by atoms with Gasteiger partial charge in [-0.1, -0.05) is 12.1 Å². The molecule has 1 amide bonds. The molecule has 0 aromatic heterocycles. The number of benzene rings is 1.